The monoisotopic (exact) mass is 479 g/mol. The molecule has 0 saturated carbocycles. The van der Waals surface area contributed by atoms with E-state index in [1.807, 2.05) is 0 Å². The van der Waals surface area contributed by atoms with E-state index in [2.05, 4.69) is 15.0 Å². The summed E-state index contributed by atoms with van der Waals surface area (Å²) in [6.45, 7) is 0. The van der Waals surface area contributed by atoms with Crippen molar-refractivity contribution in [2.75, 3.05) is 24.3 Å². The van der Waals surface area contributed by atoms with Gasteiger partial charge in [-0.3, -0.25) is 9.52 Å². The first kappa shape index (κ1) is 22.6. The average molecular weight is 480 g/mol. The molecule has 0 radical (unpaired) electrons. The third kappa shape index (κ3) is 5.54. The molecule has 0 spiro atoms. The Morgan fingerprint density at radius 1 is 1.13 bits per heavy atom. The lowest BCUT2D eigenvalue weighted by atomic mass is 10.2. The van der Waals surface area contributed by atoms with Crippen LogP contribution in [0.15, 0.2) is 58.9 Å². The van der Waals surface area contributed by atoms with Crippen LogP contribution in [-0.2, 0) is 14.8 Å². The lowest BCUT2D eigenvalue weighted by molar-refractivity contribution is -0.111. The number of carbonyl (C=O) groups excluding carboxylic acids is 1. The molecular weight excluding hydrogens is 462 g/mol. The van der Waals surface area contributed by atoms with E-state index < -0.39 is 15.9 Å². The van der Waals surface area contributed by atoms with E-state index in [-0.39, 0.29) is 10.0 Å². The highest BCUT2D eigenvalue weighted by molar-refractivity contribution is 7.93. The van der Waals surface area contributed by atoms with Crippen molar-refractivity contribution in [3.8, 4) is 11.5 Å². The number of hydrogen-bond acceptors (Lipinski definition) is 7. The number of rotatable bonds is 8. The zero-order chi connectivity index (χ0) is 22.4. The molecule has 2 N–H and O–H groups in total. The van der Waals surface area contributed by atoms with Crippen LogP contribution < -0.4 is 19.5 Å². The fourth-order valence-electron chi connectivity index (χ4n) is 2.55. The quantitative estimate of drug-likeness (QED) is 0.467. The molecule has 0 aliphatic heterocycles. The predicted molar refractivity (Wildman–Crippen MR) is 122 cm³/mol. The SMILES string of the molecule is COc1ccc(/C=C/C(=O)Nc2ccc(S(=O)(=O)Nc3nccs3)cc2)c(Cl)c1OC. The maximum atomic E-state index is 12.3. The molecule has 0 aliphatic carbocycles. The van der Waals surface area contributed by atoms with Gasteiger partial charge in [0.05, 0.1) is 24.1 Å². The van der Waals surface area contributed by atoms with Crippen molar-refractivity contribution < 1.29 is 22.7 Å². The molecule has 11 heteroatoms. The maximum absolute atomic E-state index is 12.3. The molecule has 1 amide bonds. The van der Waals surface area contributed by atoms with Crippen molar-refractivity contribution in [3.63, 3.8) is 0 Å². The van der Waals surface area contributed by atoms with Crippen molar-refractivity contribution in [1.29, 1.82) is 0 Å². The summed E-state index contributed by atoms with van der Waals surface area (Å²) in [5, 5.41) is 4.91. The van der Waals surface area contributed by atoms with Crippen LogP contribution in [0.4, 0.5) is 10.8 Å². The number of methoxy groups -OCH3 is 2. The van der Waals surface area contributed by atoms with Gasteiger partial charge in [-0.1, -0.05) is 11.6 Å². The summed E-state index contributed by atoms with van der Waals surface area (Å²) in [5.41, 5.74) is 1.01. The van der Waals surface area contributed by atoms with Crippen LogP contribution in [0.25, 0.3) is 6.08 Å². The molecule has 0 unspecified atom stereocenters. The number of nitrogens with zero attached hydrogens (tertiary/aromatic N) is 1. The third-order valence-corrected chi connectivity index (χ3v) is 6.58. The van der Waals surface area contributed by atoms with Gasteiger partial charge in [0, 0.05) is 23.3 Å². The Hall–Kier alpha value is -3.08. The van der Waals surface area contributed by atoms with E-state index in [0.29, 0.717) is 27.8 Å². The number of halogens is 1. The molecule has 0 aliphatic rings. The first-order valence-corrected chi connectivity index (χ1v) is 11.5. The minimum Gasteiger partial charge on any atom is -0.493 e. The second-order valence-corrected chi connectivity index (χ2v) is 8.95. The number of aromatic nitrogens is 1. The number of anilines is 2. The first-order valence-electron chi connectivity index (χ1n) is 8.76. The standard InChI is InChI=1S/C20H18ClN3O5S2/c1-28-16-9-3-13(18(21)19(16)29-2)4-10-17(25)23-14-5-7-15(8-6-14)31(26,27)24-20-22-11-12-30-20/h3-12H,1-2H3,(H,22,24)(H,23,25)/b10-4+. The summed E-state index contributed by atoms with van der Waals surface area (Å²) in [7, 11) is -0.782. The van der Waals surface area contributed by atoms with Crippen LogP contribution in [-0.4, -0.2) is 33.5 Å². The number of sulfonamides is 1. The zero-order valence-corrected chi connectivity index (χ0v) is 18.8. The van der Waals surface area contributed by atoms with Gasteiger partial charge < -0.3 is 14.8 Å². The normalized spacial score (nSPS) is 11.3. The number of carbonyl (C=O) groups is 1. The number of thiazole rings is 1. The topological polar surface area (TPSA) is 107 Å². The van der Waals surface area contributed by atoms with Crippen LogP contribution in [0.1, 0.15) is 5.56 Å². The van der Waals surface area contributed by atoms with Gasteiger partial charge >= 0.3 is 0 Å². The van der Waals surface area contributed by atoms with Gasteiger partial charge in [0.1, 0.15) is 0 Å². The van der Waals surface area contributed by atoms with Crippen LogP contribution >= 0.6 is 22.9 Å². The number of amides is 1. The van der Waals surface area contributed by atoms with Gasteiger partial charge in [-0.2, -0.15) is 0 Å². The first-order chi connectivity index (χ1) is 14.8. The van der Waals surface area contributed by atoms with Gasteiger partial charge in [-0.15, -0.1) is 11.3 Å². The van der Waals surface area contributed by atoms with Gasteiger partial charge in [0.25, 0.3) is 10.0 Å². The van der Waals surface area contributed by atoms with E-state index in [9.17, 15) is 13.2 Å². The highest BCUT2D eigenvalue weighted by Gasteiger charge is 2.15. The molecule has 0 bridgehead atoms. The maximum Gasteiger partial charge on any atom is 0.263 e. The number of hydrogen-bond donors (Lipinski definition) is 2. The van der Waals surface area contributed by atoms with Gasteiger partial charge in [0.2, 0.25) is 5.91 Å². The van der Waals surface area contributed by atoms with Crippen LogP contribution in [0, 0.1) is 0 Å². The summed E-state index contributed by atoms with van der Waals surface area (Å²) in [4.78, 5) is 16.2. The Balaban J connectivity index is 1.67. The van der Waals surface area contributed by atoms with E-state index in [0.717, 1.165) is 0 Å². The summed E-state index contributed by atoms with van der Waals surface area (Å²) in [5.74, 6) is 0.436. The van der Waals surface area contributed by atoms with E-state index >= 15 is 0 Å². The second kappa shape index (κ2) is 9.82. The van der Waals surface area contributed by atoms with Crippen molar-refractivity contribution in [3.05, 3.63) is 64.6 Å². The van der Waals surface area contributed by atoms with E-state index in [1.54, 1.807) is 17.5 Å². The summed E-state index contributed by atoms with van der Waals surface area (Å²) < 4.78 is 37.5. The van der Waals surface area contributed by atoms with Crippen LogP contribution in [0.3, 0.4) is 0 Å². The Bertz CT molecular complexity index is 1190. The largest absolute Gasteiger partial charge is 0.493 e. The van der Waals surface area contributed by atoms with Gasteiger partial charge in [-0.25, -0.2) is 13.4 Å². The van der Waals surface area contributed by atoms with E-state index in [1.165, 1.54) is 68.2 Å². The Kier molecular flexibility index (Phi) is 7.16. The van der Waals surface area contributed by atoms with Crippen molar-refractivity contribution in [2.24, 2.45) is 0 Å². The van der Waals surface area contributed by atoms with Crippen LogP contribution in [0.5, 0.6) is 11.5 Å². The van der Waals surface area contributed by atoms with Gasteiger partial charge in [0.15, 0.2) is 16.6 Å². The lowest BCUT2D eigenvalue weighted by Gasteiger charge is -2.10. The van der Waals surface area contributed by atoms with Gasteiger partial charge in [-0.05, 0) is 48.0 Å². The fourth-order valence-corrected chi connectivity index (χ4v) is 4.63. The Labute approximate surface area is 188 Å². The fraction of sp³-hybridized carbons (Fsp3) is 0.100. The summed E-state index contributed by atoms with van der Waals surface area (Å²) in [6.07, 6.45) is 4.35. The molecule has 8 nitrogen and oxygen atoms in total. The Morgan fingerprint density at radius 3 is 2.48 bits per heavy atom. The predicted octanol–water partition coefficient (Wildman–Crippen LogP) is 4.27. The van der Waals surface area contributed by atoms with E-state index in [4.69, 9.17) is 21.1 Å². The minimum atomic E-state index is -3.76. The number of benzene rings is 2. The molecule has 1 heterocycles. The van der Waals surface area contributed by atoms with Crippen molar-refractivity contribution >= 4 is 55.8 Å². The molecule has 3 aromatic rings. The molecule has 2 aromatic carbocycles. The lowest BCUT2D eigenvalue weighted by Crippen LogP contribution is -2.13. The number of nitrogens with one attached hydrogen (secondary N) is 2. The molecular formula is C20H18ClN3O5S2. The summed E-state index contributed by atoms with van der Waals surface area (Å²) in [6, 6.07) is 9.14. The molecule has 162 valence electrons. The minimum absolute atomic E-state index is 0.0494. The second-order valence-electron chi connectivity index (χ2n) is 5.99. The molecule has 0 atom stereocenters. The smallest absolute Gasteiger partial charge is 0.263 e. The molecule has 0 fully saturated rings. The molecule has 31 heavy (non-hydrogen) atoms. The third-order valence-electron chi connectivity index (χ3n) is 4.02. The Morgan fingerprint density at radius 2 is 1.87 bits per heavy atom. The highest BCUT2D eigenvalue weighted by Crippen LogP contribution is 2.37. The number of ether oxygens (including phenoxy) is 2. The molecule has 3 rings (SSSR count). The average Bonchev–Trinajstić information content (AvgIpc) is 3.25. The van der Waals surface area contributed by atoms with Crippen molar-refractivity contribution in [2.45, 2.75) is 4.90 Å². The highest BCUT2D eigenvalue weighted by atomic mass is 35.5. The van der Waals surface area contributed by atoms with Crippen LogP contribution in [0.2, 0.25) is 5.02 Å². The molecule has 0 saturated heterocycles. The summed E-state index contributed by atoms with van der Waals surface area (Å²) >= 11 is 7.47. The van der Waals surface area contributed by atoms with Crippen molar-refractivity contribution in [1.82, 2.24) is 4.98 Å². The molecule has 1 aromatic heterocycles. The zero-order valence-electron chi connectivity index (χ0n) is 16.5.